The number of halogens is 1. The maximum Gasteiger partial charge on any atom is 0.153 e. The number of sulfone groups is 1. The first-order valence-corrected chi connectivity index (χ1v) is 6.73. The fourth-order valence-electron chi connectivity index (χ4n) is 1.87. The molecule has 0 spiro atoms. The van der Waals surface area contributed by atoms with Crippen LogP contribution >= 0.6 is 0 Å². The molecular formula is C11H13FO2S. The molecule has 1 aromatic rings. The first-order valence-electron chi connectivity index (χ1n) is 5.01. The van der Waals surface area contributed by atoms with Crippen molar-refractivity contribution in [2.75, 3.05) is 5.75 Å². The van der Waals surface area contributed by atoms with Crippen molar-refractivity contribution < 1.29 is 12.8 Å². The summed E-state index contributed by atoms with van der Waals surface area (Å²) in [5, 5.41) is -0.288. The third-order valence-corrected chi connectivity index (χ3v) is 5.12. The second kappa shape index (κ2) is 3.59. The van der Waals surface area contributed by atoms with Crippen LogP contribution in [0.5, 0.6) is 0 Å². The lowest BCUT2D eigenvalue weighted by Crippen LogP contribution is -2.10. The van der Waals surface area contributed by atoms with Gasteiger partial charge in [-0.05, 0) is 24.1 Å². The lowest BCUT2D eigenvalue weighted by Gasteiger charge is -2.01. The van der Waals surface area contributed by atoms with Gasteiger partial charge in [-0.1, -0.05) is 19.1 Å². The maximum absolute atomic E-state index is 12.9. The van der Waals surface area contributed by atoms with Gasteiger partial charge in [-0.15, -0.1) is 0 Å². The Morgan fingerprint density at radius 1 is 1.47 bits per heavy atom. The number of benzene rings is 1. The SMILES string of the molecule is CCS(=O)(=O)[C@@H]1C[C@@H]1c1cccc(F)c1. The average Bonchev–Trinajstić information content (AvgIpc) is 2.98. The molecule has 0 unspecified atom stereocenters. The van der Waals surface area contributed by atoms with E-state index in [1.54, 1.807) is 19.1 Å². The lowest BCUT2D eigenvalue weighted by molar-refractivity contribution is 0.595. The summed E-state index contributed by atoms with van der Waals surface area (Å²) in [4.78, 5) is 0. The van der Waals surface area contributed by atoms with Crippen molar-refractivity contribution in [3.05, 3.63) is 35.6 Å². The Balaban J connectivity index is 2.18. The molecule has 0 saturated heterocycles. The Labute approximate surface area is 89.0 Å². The Morgan fingerprint density at radius 3 is 2.80 bits per heavy atom. The zero-order valence-electron chi connectivity index (χ0n) is 8.48. The third-order valence-electron chi connectivity index (χ3n) is 2.87. The topological polar surface area (TPSA) is 34.1 Å². The highest BCUT2D eigenvalue weighted by molar-refractivity contribution is 7.92. The minimum absolute atomic E-state index is 0.00523. The van der Waals surface area contributed by atoms with Gasteiger partial charge < -0.3 is 0 Å². The Hall–Kier alpha value is -0.900. The molecule has 2 rings (SSSR count). The van der Waals surface area contributed by atoms with Gasteiger partial charge in [0.15, 0.2) is 9.84 Å². The van der Waals surface area contributed by atoms with Gasteiger partial charge in [-0.25, -0.2) is 12.8 Å². The van der Waals surface area contributed by atoms with Gasteiger partial charge in [-0.3, -0.25) is 0 Å². The third kappa shape index (κ3) is 2.04. The quantitative estimate of drug-likeness (QED) is 0.794. The molecule has 0 N–H and O–H groups in total. The van der Waals surface area contributed by atoms with Gasteiger partial charge in [0.1, 0.15) is 5.82 Å². The summed E-state index contributed by atoms with van der Waals surface area (Å²) < 4.78 is 36.0. The highest BCUT2D eigenvalue weighted by Gasteiger charge is 2.46. The Bertz CT molecular complexity index is 467. The van der Waals surface area contributed by atoms with E-state index in [1.165, 1.54) is 12.1 Å². The Kier molecular flexibility index (Phi) is 2.54. The van der Waals surface area contributed by atoms with E-state index in [0.29, 0.717) is 6.42 Å². The number of hydrogen-bond acceptors (Lipinski definition) is 2. The number of rotatable bonds is 3. The van der Waals surface area contributed by atoms with E-state index in [1.807, 2.05) is 0 Å². The maximum atomic E-state index is 12.9. The molecule has 1 saturated carbocycles. The first-order chi connectivity index (χ1) is 7.04. The summed E-state index contributed by atoms with van der Waals surface area (Å²) in [6.07, 6.45) is 0.639. The van der Waals surface area contributed by atoms with E-state index in [4.69, 9.17) is 0 Å². The molecule has 1 aliphatic carbocycles. The molecule has 0 aromatic heterocycles. The summed E-state index contributed by atoms with van der Waals surface area (Å²) in [7, 11) is -2.96. The van der Waals surface area contributed by atoms with Crippen LogP contribution in [0.3, 0.4) is 0 Å². The molecule has 1 aromatic carbocycles. The van der Waals surface area contributed by atoms with Crippen LogP contribution in [-0.4, -0.2) is 19.4 Å². The van der Waals surface area contributed by atoms with Crippen molar-refractivity contribution in [1.29, 1.82) is 0 Å². The van der Waals surface area contributed by atoms with E-state index in [9.17, 15) is 12.8 Å². The molecule has 82 valence electrons. The van der Waals surface area contributed by atoms with Crippen LogP contribution in [0.25, 0.3) is 0 Å². The smallest absolute Gasteiger partial charge is 0.153 e. The molecule has 1 fully saturated rings. The van der Waals surface area contributed by atoms with Crippen molar-refractivity contribution in [1.82, 2.24) is 0 Å². The first kappa shape index (κ1) is 10.6. The van der Waals surface area contributed by atoms with Crippen LogP contribution in [-0.2, 0) is 9.84 Å². The summed E-state index contributed by atoms with van der Waals surface area (Å²) in [5.41, 5.74) is 0.803. The number of hydrogen-bond donors (Lipinski definition) is 0. The van der Waals surface area contributed by atoms with E-state index in [-0.39, 0.29) is 22.7 Å². The zero-order valence-corrected chi connectivity index (χ0v) is 9.30. The van der Waals surface area contributed by atoms with Gasteiger partial charge in [-0.2, -0.15) is 0 Å². The van der Waals surface area contributed by atoms with Gasteiger partial charge >= 0.3 is 0 Å². The van der Waals surface area contributed by atoms with Gasteiger partial charge in [0.25, 0.3) is 0 Å². The molecule has 0 aliphatic heterocycles. The average molecular weight is 228 g/mol. The van der Waals surface area contributed by atoms with E-state index >= 15 is 0 Å². The minimum atomic E-state index is -2.96. The van der Waals surface area contributed by atoms with Crippen molar-refractivity contribution >= 4 is 9.84 Å². The lowest BCUT2D eigenvalue weighted by atomic mass is 10.1. The molecular weight excluding hydrogens is 215 g/mol. The van der Waals surface area contributed by atoms with Gasteiger partial charge in [0.05, 0.1) is 5.25 Å². The van der Waals surface area contributed by atoms with Crippen molar-refractivity contribution in [3.8, 4) is 0 Å². The molecule has 1 aliphatic rings. The molecule has 15 heavy (non-hydrogen) atoms. The molecule has 0 bridgehead atoms. The molecule has 4 heteroatoms. The van der Waals surface area contributed by atoms with E-state index in [2.05, 4.69) is 0 Å². The van der Waals surface area contributed by atoms with Crippen molar-refractivity contribution in [2.24, 2.45) is 0 Å². The largest absolute Gasteiger partial charge is 0.229 e. The van der Waals surface area contributed by atoms with Crippen LogP contribution in [0.1, 0.15) is 24.8 Å². The van der Waals surface area contributed by atoms with Crippen LogP contribution in [0.2, 0.25) is 0 Å². The molecule has 2 nitrogen and oxygen atoms in total. The summed E-state index contributed by atoms with van der Waals surface area (Å²) in [5.74, 6) is -0.124. The van der Waals surface area contributed by atoms with Crippen molar-refractivity contribution in [3.63, 3.8) is 0 Å². The second-order valence-electron chi connectivity index (χ2n) is 3.89. The van der Waals surface area contributed by atoms with Gasteiger partial charge in [0, 0.05) is 11.7 Å². The van der Waals surface area contributed by atoms with Crippen molar-refractivity contribution in [2.45, 2.75) is 24.5 Å². The molecule has 0 radical (unpaired) electrons. The highest BCUT2D eigenvalue weighted by Crippen LogP contribution is 2.46. The molecule has 0 amide bonds. The fraction of sp³-hybridized carbons (Fsp3) is 0.455. The van der Waals surface area contributed by atoms with Crippen LogP contribution in [0, 0.1) is 5.82 Å². The van der Waals surface area contributed by atoms with E-state index < -0.39 is 9.84 Å². The molecule has 0 heterocycles. The highest BCUT2D eigenvalue weighted by atomic mass is 32.2. The van der Waals surface area contributed by atoms with Crippen LogP contribution in [0.15, 0.2) is 24.3 Å². The summed E-state index contributed by atoms with van der Waals surface area (Å²) in [6, 6.07) is 6.21. The predicted octanol–water partition coefficient (Wildman–Crippen LogP) is 2.12. The zero-order chi connectivity index (χ0) is 11.1. The molecule has 2 atom stereocenters. The van der Waals surface area contributed by atoms with Crippen LogP contribution < -0.4 is 0 Å². The van der Waals surface area contributed by atoms with E-state index in [0.717, 1.165) is 5.56 Å². The predicted molar refractivity (Wildman–Crippen MR) is 57.0 cm³/mol. The van der Waals surface area contributed by atoms with Crippen LogP contribution in [0.4, 0.5) is 4.39 Å². The summed E-state index contributed by atoms with van der Waals surface area (Å²) in [6.45, 7) is 1.65. The summed E-state index contributed by atoms with van der Waals surface area (Å²) >= 11 is 0. The Morgan fingerprint density at radius 2 is 2.20 bits per heavy atom. The second-order valence-corrected chi connectivity index (χ2v) is 6.40. The minimum Gasteiger partial charge on any atom is -0.229 e. The standard InChI is InChI=1S/C11H13FO2S/c1-2-15(13,14)11-7-10(11)8-4-3-5-9(12)6-8/h3-6,10-11H,2,7H2,1H3/t10-,11-/m1/s1. The van der Waals surface area contributed by atoms with Gasteiger partial charge in [0.2, 0.25) is 0 Å². The monoisotopic (exact) mass is 228 g/mol. The normalized spacial score (nSPS) is 25.2. The fourth-order valence-corrected chi connectivity index (χ4v) is 3.46.